The molecule has 2 aliphatic rings. The number of β-amino-alcohol motifs (C(OH)–C–C–N with tert-alkyl or cyclic N) is 1. The molecule has 124 valence electrons. The van der Waals surface area contributed by atoms with Crippen LogP contribution in [0.4, 0.5) is 11.4 Å². The Morgan fingerprint density at radius 1 is 1.08 bits per heavy atom. The summed E-state index contributed by atoms with van der Waals surface area (Å²) < 4.78 is 0. The first-order chi connectivity index (χ1) is 11.5. The third kappa shape index (κ3) is 2.79. The molecule has 0 saturated carbocycles. The normalized spacial score (nSPS) is 17.8. The molecule has 2 N–H and O–H groups in total. The molecule has 0 radical (unpaired) electrons. The highest BCUT2D eigenvalue weighted by molar-refractivity contribution is 6.20. The van der Waals surface area contributed by atoms with Gasteiger partial charge in [-0.2, -0.15) is 0 Å². The lowest BCUT2D eigenvalue weighted by Gasteiger charge is -2.16. The summed E-state index contributed by atoms with van der Waals surface area (Å²) in [4.78, 5) is 49.4. The van der Waals surface area contributed by atoms with E-state index in [1.807, 2.05) is 0 Å². The van der Waals surface area contributed by atoms with Crippen molar-refractivity contribution >= 4 is 35.0 Å². The van der Waals surface area contributed by atoms with Crippen LogP contribution in [0, 0.1) is 0 Å². The number of amides is 4. The molecular formula is C16H15N3O5. The third-order valence-corrected chi connectivity index (χ3v) is 3.77. The summed E-state index contributed by atoms with van der Waals surface area (Å²) in [6, 6.07) is 6.49. The highest BCUT2D eigenvalue weighted by atomic mass is 16.3. The summed E-state index contributed by atoms with van der Waals surface area (Å²) in [6.45, 7) is -0.385. The van der Waals surface area contributed by atoms with E-state index in [4.69, 9.17) is 5.11 Å². The van der Waals surface area contributed by atoms with Crippen LogP contribution >= 0.6 is 0 Å². The zero-order chi connectivity index (χ0) is 17.3. The van der Waals surface area contributed by atoms with E-state index in [9.17, 15) is 19.2 Å². The predicted octanol–water partition coefficient (Wildman–Crippen LogP) is -0.00310. The maximum atomic E-state index is 12.1. The number of carbonyl (C=O) groups is 4. The van der Waals surface area contributed by atoms with Gasteiger partial charge >= 0.3 is 0 Å². The Morgan fingerprint density at radius 3 is 2.46 bits per heavy atom. The van der Waals surface area contributed by atoms with E-state index in [1.165, 1.54) is 0 Å². The van der Waals surface area contributed by atoms with Crippen molar-refractivity contribution in [3.63, 3.8) is 0 Å². The van der Waals surface area contributed by atoms with E-state index < -0.39 is 11.8 Å². The molecular weight excluding hydrogens is 314 g/mol. The topological polar surface area (TPSA) is 107 Å². The number of anilines is 2. The monoisotopic (exact) mass is 329 g/mol. The molecule has 3 rings (SSSR count). The number of hydrogen-bond acceptors (Lipinski definition) is 6. The lowest BCUT2D eigenvalue weighted by molar-refractivity contribution is -0.137. The van der Waals surface area contributed by atoms with Gasteiger partial charge in [0.2, 0.25) is 11.8 Å². The maximum absolute atomic E-state index is 12.1. The molecule has 4 amide bonds. The van der Waals surface area contributed by atoms with Gasteiger partial charge in [0, 0.05) is 24.6 Å². The Balaban J connectivity index is 1.80. The van der Waals surface area contributed by atoms with Gasteiger partial charge in [0.25, 0.3) is 11.8 Å². The third-order valence-electron chi connectivity index (χ3n) is 3.77. The number of benzene rings is 1. The van der Waals surface area contributed by atoms with Crippen molar-refractivity contribution in [2.45, 2.75) is 12.8 Å². The van der Waals surface area contributed by atoms with Crippen LogP contribution in [0.3, 0.4) is 0 Å². The van der Waals surface area contributed by atoms with Gasteiger partial charge in [0.05, 0.1) is 18.8 Å². The quantitative estimate of drug-likeness (QED) is 0.736. The molecule has 0 spiro atoms. The number of hydrogen-bond donors (Lipinski definition) is 2. The lowest BCUT2D eigenvalue weighted by Crippen LogP contribution is -2.34. The smallest absolute Gasteiger partial charge is 0.277 e. The molecule has 1 aromatic carbocycles. The summed E-state index contributed by atoms with van der Waals surface area (Å²) in [5, 5.41) is 11.7. The molecule has 8 nitrogen and oxygen atoms in total. The Kier molecular flexibility index (Phi) is 4.13. The van der Waals surface area contributed by atoms with Crippen LogP contribution in [0.2, 0.25) is 0 Å². The average Bonchev–Trinajstić information content (AvgIpc) is 3.02. The van der Waals surface area contributed by atoms with Gasteiger partial charge in [-0.25, -0.2) is 0 Å². The number of nitrogens with zero attached hydrogens (tertiary/aromatic N) is 2. The van der Waals surface area contributed by atoms with Gasteiger partial charge in [0.15, 0.2) is 0 Å². The molecule has 1 aromatic rings. The molecule has 2 heterocycles. The van der Waals surface area contributed by atoms with Crippen molar-refractivity contribution in [2.24, 2.45) is 0 Å². The summed E-state index contributed by atoms with van der Waals surface area (Å²) in [5.41, 5.74) is 0.958. The van der Waals surface area contributed by atoms with E-state index in [0.29, 0.717) is 11.4 Å². The van der Waals surface area contributed by atoms with Gasteiger partial charge in [-0.05, 0) is 18.2 Å². The molecule has 0 aliphatic carbocycles. The SMILES string of the molecule is O=C1C=C(Nc2cccc(N3C(=O)CCC3=O)c2)C(=O)N1CCO. The van der Waals surface area contributed by atoms with Gasteiger partial charge in [-0.15, -0.1) is 0 Å². The van der Waals surface area contributed by atoms with E-state index in [2.05, 4.69) is 5.32 Å². The van der Waals surface area contributed by atoms with Crippen LogP contribution in [0.5, 0.6) is 0 Å². The Hall–Kier alpha value is -3.00. The van der Waals surface area contributed by atoms with Crippen molar-refractivity contribution in [2.75, 3.05) is 23.4 Å². The second-order valence-electron chi connectivity index (χ2n) is 5.37. The molecule has 0 unspecified atom stereocenters. The van der Waals surface area contributed by atoms with Crippen molar-refractivity contribution in [3.8, 4) is 0 Å². The zero-order valence-electron chi connectivity index (χ0n) is 12.7. The molecule has 1 fully saturated rings. The van der Waals surface area contributed by atoms with Crippen LogP contribution < -0.4 is 10.2 Å². The van der Waals surface area contributed by atoms with Gasteiger partial charge in [0.1, 0.15) is 5.70 Å². The van der Waals surface area contributed by atoms with E-state index in [0.717, 1.165) is 15.9 Å². The van der Waals surface area contributed by atoms with Crippen LogP contribution in [0.1, 0.15) is 12.8 Å². The standard InChI is InChI=1S/C16H15N3O5/c20-7-6-18-15(23)9-12(16(18)24)17-10-2-1-3-11(8-10)19-13(21)4-5-14(19)22/h1-3,8-9,17,20H,4-7H2. The maximum Gasteiger partial charge on any atom is 0.277 e. The van der Waals surface area contributed by atoms with Crippen molar-refractivity contribution in [1.29, 1.82) is 0 Å². The first-order valence-electron chi connectivity index (χ1n) is 7.42. The molecule has 1 saturated heterocycles. The van der Waals surface area contributed by atoms with Crippen molar-refractivity contribution in [3.05, 3.63) is 36.0 Å². The number of carbonyl (C=O) groups excluding carboxylic acids is 4. The minimum Gasteiger partial charge on any atom is -0.395 e. The van der Waals surface area contributed by atoms with Gasteiger partial charge < -0.3 is 10.4 Å². The van der Waals surface area contributed by atoms with Crippen LogP contribution in [-0.2, 0) is 19.2 Å². The molecule has 2 aliphatic heterocycles. The molecule has 24 heavy (non-hydrogen) atoms. The Morgan fingerprint density at radius 2 is 1.79 bits per heavy atom. The highest BCUT2D eigenvalue weighted by Gasteiger charge is 2.32. The largest absolute Gasteiger partial charge is 0.395 e. The number of nitrogens with one attached hydrogen (secondary N) is 1. The summed E-state index contributed by atoms with van der Waals surface area (Å²) in [7, 11) is 0. The molecule has 8 heteroatoms. The van der Waals surface area contributed by atoms with E-state index in [1.54, 1.807) is 24.3 Å². The van der Waals surface area contributed by atoms with Gasteiger partial charge in [-0.1, -0.05) is 6.07 Å². The number of aliphatic hydroxyl groups excluding tert-OH is 1. The highest BCUT2D eigenvalue weighted by Crippen LogP contribution is 2.26. The Labute approximate surface area is 137 Å². The minimum atomic E-state index is -0.534. The molecule has 0 bridgehead atoms. The first-order valence-corrected chi connectivity index (χ1v) is 7.42. The fourth-order valence-electron chi connectivity index (χ4n) is 2.65. The molecule has 0 aromatic heterocycles. The second-order valence-corrected chi connectivity index (χ2v) is 5.37. The number of rotatable bonds is 5. The van der Waals surface area contributed by atoms with Crippen molar-refractivity contribution in [1.82, 2.24) is 4.90 Å². The first kappa shape index (κ1) is 15.9. The van der Waals surface area contributed by atoms with Crippen LogP contribution in [0.25, 0.3) is 0 Å². The van der Waals surface area contributed by atoms with Crippen LogP contribution in [-0.4, -0.2) is 46.8 Å². The fourth-order valence-corrected chi connectivity index (χ4v) is 2.65. The van der Waals surface area contributed by atoms with E-state index >= 15 is 0 Å². The lowest BCUT2D eigenvalue weighted by atomic mass is 10.2. The van der Waals surface area contributed by atoms with E-state index in [-0.39, 0.29) is 43.5 Å². The summed E-state index contributed by atoms with van der Waals surface area (Å²) >= 11 is 0. The Bertz CT molecular complexity index is 755. The minimum absolute atomic E-state index is 0.0732. The predicted molar refractivity (Wildman–Crippen MR) is 83.7 cm³/mol. The molecule has 0 atom stereocenters. The second kappa shape index (κ2) is 6.25. The fraction of sp³-hybridized carbons (Fsp3) is 0.250. The van der Waals surface area contributed by atoms with Crippen LogP contribution in [0.15, 0.2) is 36.0 Å². The number of aliphatic hydroxyl groups is 1. The average molecular weight is 329 g/mol. The number of imide groups is 2. The summed E-state index contributed by atoms with van der Waals surface area (Å²) in [6.07, 6.45) is 1.52. The van der Waals surface area contributed by atoms with Gasteiger partial charge in [-0.3, -0.25) is 29.0 Å². The van der Waals surface area contributed by atoms with Crippen molar-refractivity contribution < 1.29 is 24.3 Å². The summed E-state index contributed by atoms with van der Waals surface area (Å²) in [5.74, 6) is -1.57. The zero-order valence-corrected chi connectivity index (χ0v) is 12.7.